The summed E-state index contributed by atoms with van der Waals surface area (Å²) in [5.41, 5.74) is 0.618. The highest BCUT2D eigenvalue weighted by Crippen LogP contribution is 2.46. The van der Waals surface area contributed by atoms with Gasteiger partial charge in [-0.15, -0.1) is 0 Å². The highest BCUT2D eigenvalue weighted by Gasteiger charge is 2.50. The summed E-state index contributed by atoms with van der Waals surface area (Å²) in [5.74, 6) is 0.166. The number of imidazole rings is 1. The Balaban J connectivity index is 1.35. The van der Waals surface area contributed by atoms with Gasteiger partial charge >= 0.3 is 5.69 Å². The van der Waals surface area contributed by atoms with Crippen molar-refractivity contribution < 1.29 is 9.59 Å². The maximum Gasteiger partial charge on any atom is 0.325 e. The highest BCUT2D eigenvalue weighted by atomic mass is 16.2. The number of carbonyl (C=O) groups is 2. The molecule has 2 bridgehead atoms. The van der Waals surface area contributed by atoms with Crippen LogP contribution in [0.4, 0.5) is 5.82 Å². The van der Waals surface area contributed by atoms with E-state index in [0.717, 1.165) is 25.7 Å². The van der Waals surface area contributed by atoms with E-state index in [1.807, 2.05) is 4.90 Å². The zero-order chi connectivity index (χ0) is 17.6. The molecule has 4 rings (SSSR count). The molecule has 0 spiro atoms. The van der Waals surface area contributed by atoms with Crippen molar-refractivity contribution in [1.82, 2.24) is 19.9 Å². The van der Waals surface area contributed by atoms with E-state index in [4.69, 9.17) is 0 Å². The second-order valence-electron chi connectivity index (χ2n) is 7.21. The molecule has 0 aliphatic carbocycles. The van der Waals surface area contributed by atoms with E-state index in [-0.39, 0.29) is 35.9 Å². The summed E-state index contributed by atoms with van der Waals surface area (Å²) in [6.45, 7) is 2.15. The number of nitrogens with zero attached hydrogens (tertiary/aromatic N) is 2. The average Bonchev–Trinajstić information content (AvgIpc) is 3.20. The topological polar surface area (TPSA) is 111 Å². The van der Waals surface area contributed by atoms with Gasteiger partial charge in [-0.1, -0.05) is 0 Å². The number of hydrogen-bond acceptors (Lipinski definition) is 4. The molecule has 2 aromatic rings. The molecule has 2 fully saturated rings. The number of aromatic amines is 2. The summed E-state index contributed by atoms with van der Waals surface area (Å²) >= 11 is 0. The number of rotatable bonds is 4. The number of fused-ring (bicyclic) bond motifs is 3. The molecule has 4 heterocycles. The van der Waals surface area contributed by atoms with Crippen molar-refractivity contribution >= 4 is 28.8 Å². The number of aromatic nitrogens is 3. The van der Waals surface area contributed by atoms with E-state index in [2.05, 4.69) is 27.2 Å². The molecule has 25 heavy (non-hydrogen) atoms. The Morgan fingerprint density at radius 2 is 2.04 bits per heavy atom. The van der Waals surface area contributed by atoms with Crippen LogP contribution in [0.3, 0.4) is 0 Å². The molecule has 3 N–H and O–H groups in total. The Labute approximate surface area is 144 Å². The van der Waals surface area contributed by atoms with Gasteiger partial charge in [-0.3, -0.25) is 14.6 Å². The molecule has 0 saturated carbocycles. The fourth-order valence-corrected chi connectivity index (χ4v) is 4.20. The Kier molecular flexibility index (Phi) is 3.63. The molecule has 2 aromatic heterocycles. The van der Waals surface area contributed by atoms with Gasteiger partial charge in [0.05, 0.1) is 5.52 Å². The molecular formula is C17H21N5O3. The minimum Gasteiger partial charge on any atom is -0.334 e. The van der Waals surface area contributed by atoms with Crippen LogP contribution in [-0.4, -0.2) is 43.2 Å². The minimum absolute atomic E-state index is 0.00896. The van der Waals surface area contributed by atoms with Gasteiger partial charge in [0, 0.05) is 24.4 Å². The van der Waals surface area contributed by atoms with Crippen molar-refractivity contribution in [3.8, 4) is 0 Å². The predicted octanol–water partition coefficient (Wildman–Crippen LogP) is 1.51. The molecule has 2 aliphatic heterocycles. The monoisotopic (exact) mass is 343 g/mol. The minimum atomic E-state index is -0.342. The van der Waals surface area contributed by atoms with Crippen molar-refractivity contribution in [2.75, 3.05) is 5.32 Å². The average molecular weight is 343 g/mol. The van der Waals surface area contributed by atoms with Crippen molar-refractivity contribution in [3.05, 3.63) is 22.6 Å². The second kappa shape index (κ2) is 5.72. The Morgan fingerprint density at radius 3 is 2.72 bits per heavy atom. The van der Waals surface area contributed by atoms with Crippen LogP contribution in [0.15, 0.2) is 16.9 Å². The van der Waals surface area contributed by atoms with Gasteiger partial charge in [0.15, 0.2) is 5.65 Å². The first-order chi connectivity index (χ1) is 11.9. The molecule has 0 radical (unpaired) electrons. The lowest BCUT2D eigenvalue weighted by molar-refractivity contribution is -0.136. The summed E-state index contributed by atoms with van der Waals surface area (Å²) in [6.07, 6.45) is 4.62. The summed E-state index contributed by atoms with van der Waals surface area (Å²) < 4.78 is 0. The molecule has 0 unspecified atom stereocenters. The van der Waals surface area contributed by atoms with E-state index in [9.17, 15) is 14.4 Å². The summed E-state index contributed by atoms with van der Waals surface area (Å²) in [6, 6.07) is 3.65. The first-order valence-corrected chi connectivity index (χ1v) is 8.66. The second-order valence-corrected chi connectivity index (χ2v) is 7.21. The van der Waals surface area contributed by atoms with E-state index in [1.165, 1.54) is 0 Å². The van der Waals surface area contributed by atoms with E-state index < -0.39 is 0 Å². The third-order valence-corrected chi connectivity index (χ3v) is 5.46. The SMILES string of the molecule is CC12CCC(CC1)N2C(=O)CCC(=O)Nc1ccc2[nH]c(=O)[nH]c2n1. The Bertz CT molecular complexity index is 891. The Hall–Kier alpha value is -2.64. The van der Waals surface area contributed by atoms with Gasteiger partial charge in [-0.25, -0.2) is 9.78 Å². The molecule has 0 aromatic carbocycles. The van der Waals surface area contributed by atoms with Crippen molar-refractivity contribution in [1.29, 1.82) is 0 Å². The third-order valence-electron chi connectivity index (χ3n) is 5.46. The zero-order valence-electron chi connectivity index (χ0n) is 14.1. The normalized spacial score (nSPS) is 24.8. The summed E-state index contributed by atoms with van der Waals surface area (Å²) in [4.78, 5) is 47.2. The molecule has 0 atom stereocenters. The van der Waals surface area contributed by atoms with E-state index >= 15 is 0 Å². The maximum atomic E-state index is 12.5. The molecule has 8 heteroatoms. The van der Waals surface area contributed by atoms with Gasteiger partial charge in [0.2, 0.25) is 11.8 Å². The third kappa shape index (κ3) is 2.81. The fraction of sp³-hybridized carbons (Fsp3) is 0.529. The molecular weight excluding hydrogens is 322 g/mol. The van der Waals surface area contributed by atoms with Crippen molar-refractivity contribution in [2.45, 2.75) is 57.0 Å². The van der Waals surface area contributed by atoms with Crippen LogP contribution in [0.25, 0.3) is 11.2 Å². The van der Waals surface area contributed by atoms with E-state index in [0.29, 0.717) is 23.0 Å². The highest BCUT2D eigenvalue weighted by molar-refractivity contribution is 5.93. The summed E-state index contributed by atoms with van der Waals surface area (Å²) in [7, 11) is 0. The standard InChI is InChI=1S/C17H21N5O3/c1-17-8-6-10(7-9-17)22(17)14(24)5-4-13(23)19-12-3-2-11-15(20-12)21-16(25)18-11/h2-3,10H,4-9H2,1H3,(H3,18,19,20,21,23,25). The van der Waals surface area contributed by atoms with Crippen LogP contribution in [0.2, 0.25) is 0 Å². The van der Waals surface area contributed by atoms with E-state index in [1.54, 1.807) is 12.1 Å². The van der Waals surface area contributed by atoms with Crippen LogP contribution >= 0.6 is 0 Å². The Morgan fingerprint density at radius 1 is 1.28 bits per heavy atom. The molecule has 8 nitrogen and oxygen atoms in total. The largest absolute Gasteiger partial charge is 0.334 e. The lowest BCUT2D eigenvalue weighted by Gasteiger charge is -2.31. The van der Waals surface area contributed by atoms with Crippen LogP contribution in [-0.2, 0) is 9.59 Å². The first-order valence-electron chi connectivity index (χ1n) is 8.66. The first kappa shape index (κ1) is 15.9. The maximum absolute atomic E-state index is 12.5. The number of amides is 2. The van der Waals surface area contributed by atoms with Gasteiger partial charge in [-0.2, -0.15) is 0 Å². The van der Waals surface area contributed by atoms with Crippen LogP contribution in [0.1, 0.15) is 45.4 Å². The molecule has 2 amide bonds. The van der Waals surface area contributed by atoms with Crippen LogP contribution < -0.4 is 11.0 Å². The number of pyridine rings is 1. The van der Waals surface area contributed by atoms with Gasteiger partial charge in [0.1, 0.15) is 5.82 Å². The van der Waals surface area contributed by atoms with Crippen LogP contribution in [0.5, 0.6) is 0 Å². The quantitative estimate of drug-likeness (QED) is 0.781. The molecule has 132 valence electrons. The molecule has 2 saturated heterocycles. The number of H-pyrrole nitrogens is 2. The van der Waals surface area contributed by atoms with Gasteiger partial charge < -0.3 is 15.2 Å². The van der Waals surface area contributed by atoms with Crippen molar-refractivity contribution in [2.24, 2.45) is 0 Å². The number of carbonyl (C=O) groups excluding carboxylic acids is 2. The number of nitrogens with one attached hydrogen (secondary N) is 3. The van der Waals surface area contributed by atoms with Gasteiger partial charge in [-0.05, 0) is 44.7 Å². The predicted molar refractivity (Wildman–Crippen MR) is 92.1 cm³/mol. The fourth-order valence-electron chi connectivity index (χ4n) is 4.20. The smallest absolute Gasteiger partial charge is 0.325 e. The lowest BCUT2D eigenvalue weighted by atomic mass is 9.90. The van der Waals surface area contributed by atoms with Gasteiger partial charge in [0.25, 0.3) is 0 Å². The number of hydrogen-bond donors (Lipinski definition) is 3. The zero-order valence-corrected chi connectivity index (χ0v) is 14.1. The van der Waals surface area contributed by atoms with Crippen LogP contribution in [0, 0.1) is 0 Å². The summed E-state index contributed by atoms with van der Waals surface area (Å²) in [5, 5.41) is 2.68. The van der Waals surface area contributed by atoms with Crippen molar-refractivity contribution in [3.63, 3.8) is 0 Å². The molecule has 2 aliphatic rings. The number of anilines is 1. The lowest BCUT2D eigenvalue weighted by Crippen LogP contribution is -2.43.